The van der Waals surface area contributed by atoms with E-state index in [2.05, 4.69) is 34.5 Å². The van der Waals surface area contributed by atoms with Crippen LogP contribution in [0.1, 0.15) is 24.0 Å². The van der Waals surface area contributed by atoms with E-state index < -0.39 is 0 Å². The zero-order valence-electron chi connectivity index (χ0n) is 10.6. The van der Waals surface area contributed by atoms with Gasteiger partial charge in [0.2, 0.25) is 0 Å². The lowest BCUT2D eigenvalue weighted by atomic mass is 10.1. The molecule has 2 aromatic rings. The van der Waals surface area contributed by atoms with E-state index in [4.69, 9.17) is 5.84 Å². The molecule has 0 aliphatic carbocycles. The standard InChI is InChI=1S/C14H18N4/c1-2-12-10-14(18-15)17-13(16-12)9-8-11-6-4-3-5-7-11/h3-7,10H,2,8-9,15H2,1H3,(H,16,17,18). The molecule has 0 saturated carbocycles. The number of anilines is 1. The number of aromatic nitrogens is 2. The molecule has 0 aliphatic rings. The number of rotatable bonds is 5. The highest BCUT2D eigenvalue weighted by molar-refractivity contribution is 5.34. The topological polar surface area (TPSA) is 63.8 Å². The molecule has 94 valence electrons. The second-order valence-corrected chi connectivity index (χ2v) is 4.14. The first-order valence-corrected chi connectivity index (χ1v) is 6.19. The van der Waals surface area contributed by atoms with Crippen molar-refractivity contribution in [3.8, 4) is 0 Å². The summed E-state index contributed by atoms with van der Waals surface area (Å²) in [5.41, 5.74) is 4.90. The molecule has 0 aliphatic heterocycles. The molecule has 4 nitrogen and oxygen atoms in total. The van der Waals surface area contributed by atoms with Crippen molar-refractivity contribution in [2.24, 2.45) is 5.84 Å². The van der Waals surface area contributed by atoms with Crippen molar-refractivity contribution in [2.75, 3.05) is 5.43 Å². The highest BCUT2D eigenvalue weighted by Gasteiger charge is 2.03. The van der Waals surface area contributed by atoms with E-state index in [1.807, 2.05) is 24.3 Å². The Morgan fingerprint density at radius 2 is 1.89 bits per heavy atom. The number of aryl methyl sites for hydroxylation is 3. The molecule has 1 aromatic carbocycles. The average molecular weight is 242 g/mol. The molecule has 0 atom stereocenters. The van der Waals surface area contributed by atoms with Crippen LogP contribution in [0.15, 0.2) is 36.4 Å². The smallest absolute Gasteiger partial charge is 0.143 e. The van der Waals surface area contributed by atoms with Crippen LogP contribution in [0, 0.1) is 0 Å². The van der Waals surface area contributed by atoms with Crippen molar-refractivity contribution < 1.29 is 0 Å². The lowest BCUT2D eigenvalue weighted by Crippen LogP contribution is -2.12. The van der Waals surface area contributed by atoms with Crippen LogP contribution in [-0.2, 0) is 19.3 Å². The number of benzene rings is 1. The van der Waals surface area contributed by atoms with Gasteiger partial charge < -0.3 is 5.43 Å². The largest absolute Gasteiger partial charge is 0.308 e. The summed E-state index contributed by atoms with van der Waals surface area (Å²) in [5, 5.41) is 0. The van der Waals surface area contributed by atoms with Crippen LogP contribution in [0.25, 0.3) is 0 Å². The molecule has 0 unspecified atom stereocenters. The molecular formula is C14H18N4. The zero-order chi connectivity index (χ0) is 12.8. The lowest BCUT2D eigenvalue weighted by Gasteiger charge is -2.06. The Kier molecular flexibility index (Phi) is 4.25. The van der Waals surface area contributed by atoms with Crippen LogP contribution in [0.4, 0.5) is 5.82 Å². The fourth-order valence-corrected chi connectivity index (χ4v) is 1.82. The molecule has 1 aromatic heterocycles. The van der Waals surface area contributed by atoms with Crippen LogP contribution in [0.3, 0.4) is 0 Å². The minimum absolute atomic E-state index is 0.685. The first-order valence-electron chi connectivity index (χ1n) is 6.19. The molecule has 0 amide bonds. The third-order valence-corrected chi connectivity index (χ3v) is 2.82. The van der Waals surface area contributed by atoms with Crippen LogP contribution in [0.5, 0.6) is 0 Å². The summed E-state index contributed by atoms with van der Waals surface area (Å²) >= 11 is 0. The van der Waals surface area contributed by atoms with Crippen molar-refractivity contribution >= 4 is 5.82 Å². The van der Waals surface area contributed by atoms with Gasteiger partial charge in [-0.1, -0.05) is 37.3 Å². The lowest BCUT2D eigenvalue weighted by molar-refractivity contribution is 0.833. The Bertz CT molecular complexity index is 474. The number of hydrazine groups is 1. The Balaban J connectivity index is 2.09. The van der Waals surface area contributed by atoms with E-state index in [0.717, 1.165) is 30.8 Å². The molecule has 0 saturated heterocycles. The normalized spacial score (nSPS) is 10.3. The summed E-state index contributed by atoms with van der Waals surface area (Å²) in [6.07, 6.45) is 2.65. The van der Waals surface area contributed by atoms with E-state index in [1.165, 1.54) is 5.56 Å². The highest BCUT2D eigenvalue weighted by Crippen LogP contribution is 2.09. The Labute approximate surface area is 107 Å². The van der Waals surface area contributed by atoms with Gasteiger partial charge in [-0.25, -0.2) is 15.8 Å². The Hall–Kier alpha value is -1.94. The van der Waals surface area contributed by atoms with Crippen molar-refractivity contribution in [3.05, 3.63) is 53.5 Å². The molecule has 1 heterocycles. The van der Waals surface area contributed by atoms with E-state index >= 15 is 0 Å². The minimum Gasteiger partial charge on any atom is -0.308 e. The number of nitrogens with one attached hydrogen (secondary N) is 1. The van der Waals surface area contributed by atoms with Gasteiger partial charge in [-0.2, -0.15) is 0 Å². The maximum absolute atomic E-state index is 5.41. The first-order chi connectivity index (χ1) is 8.81. The number of hydrogen-bond acceptors (Lipinski definition) is 4. The van der Waals surface area contributed by atoms with Crippen molar-refractivity contribution in [1.82, 2.24) is 9.97 Å². The summed E-state index contributed by atoms with van der Waals surface area (Å²) in [7, 11) is 0. The van der Waals surface area contributed by atoms with Gasteiger partial charge >= 0.3 is 0 Å². The average Bonchev–Trinajstić information content (AvgIpc) is 2.45. The van der Waals surface area contributed by atoms with Crippen molar-refractivity contribution in [3.63, 3.8) is 0 Å². The van der Waals surface area contributed by atoms with Crippen LogP contribution in [-0.4, -0.2) is 9.97 Å². The van der Waals surface area contributed by atoms with Gasteiger partial charge in [0.05, 0.1) is 0 Å². The van der Waals surface area contributed by atoms with E-state index in [9.17, 15) is 0 Å². The summed E-state index contributed by atoms with van der Waals surface area (Å²) in [5.74, 6) is 6.93. The second kappa shape index (κ2) is 6.12. The summed E-state index contributed by atoms with van der Waals surface area (Å²) < 4.78 is 0. The predicted molar refractivity (Wildman–Crippen MR) is 73.1 cm³/mol. The second-order valence-electron chi connectivity index (χ2n) is 4.14. The van der Waals surface area contributed by atoms with Crippen LogP contribution >= 0.6 is 0 Å². The molecule has 0 bridgehead atoms. The number of nitrogens with two attached hydrogens (primary N) is 1. The molecular weight excluding hydrogens is 224 g/mol. The predicted octanol–water partition coefficient (Wildman–Crippen LogP) is 2.11. The van der Waals surface area contributed by atoms with Crippen LogP contribution in [0.2, 0.25) is 0 Å². The Morgan fingerprint density at radius 1 is 1.11 bits per heavy atom. The van der Waals surface area contributed by atoms with E-state index in [-0.39, 0.29) is 0 Å². The maximum atomic E-state index is 5.41. The zero-order valence-corrected chi connectivity index (χ0v) is 10.6. The third kappa shape index (κ3) is 3.28. The van der Waals surface area contributed by atoms with Gasteiger partial charge in [-0.15, -0.1) is 0 Å². The van der Waals surface area contributed by atoms with Gasteiger partial charge in [-0.05, 0) is 18.4 Å². The summed E-state index contributed by atoms with van der Waals surface area (Å²) in [6.45, 7) is 2.07. The van der Waals surface area contributed by atoms with Gasteiger partial charge in [0.15, 0.2) is 0 Å². The van der Waals surface area contributed by atoms with E-state index in [1.54, 1.807) is 0 Å². The number of nitrogen functional groups attached to an aromatic ring is 1. The number of hydrogen-bond donors (Lipinski definition) is 2. The summed E-state index contributed by atoms with van der Waals surface area (Å²) in [6, 6.07) is 12.2. The monoisotopic (exact) mass is 242 g/mol. The molecule has 0 spiro atoms. The van der Waals surface area contributed by atoms with Gasteiger partial charge in [0, 0.05) is 18.2 Å². The van der Waals surface area contributed by atoms with Crippen molar-refractivity contribution in [1.29, 1.82) is 0 Å². The fourth-order valence-electron chi connectivity index (χ4n) is 1.82. The fraction of sp³-hybridized carbons (Fsp3) is 0.286. The molecule has 0 radical (unpaired) electrons. The molecule has 2 rings (SSSR count). The third-order valence-electron chi connectivity index (χ3n) is 2.82. The molecule has 3 N–H and O–H groups in total. The number of nitrogens with zero attached hydrogens (tertiary/aromatic N) is 2. The van der Waals surface area contributed by atoms with Gasteiger partial charge in [-0.3, -0.25) is 0 Å². The molecule has 0 fully saturated rings. The van der Waals surface area contributed by atoms with Crippen molar-refractivity contribution in [2.45, 2.75) is 26.2 Å². The SMILES string of the molecule is CCc1cc(NN)nc(CCc2ccccc2)n1. The van der Waals surface area contributed by atoms with E-state index in [0.29, 0.717) is 5.82 Å². The summed E-state index contributed by atoms with van der Waals surface area (Å²) in [4.78, 5) is 8.88. The van der Waals surface area contributed by atoms with Crippen LogP contribution < -0.4 is 11.3 Å². The maximum Gasteiger partial charge on any atom is 0.143 e. The molecule has 18 heavy (non-hydrogen) atoms. The Morgan fingerprint density at radius 3 is 2.56 bits per heavy atom. The quantitative estimate of drug-likeness (QED) is 0.622. The van der Waals surface area contributed by atoms with Gasteiger partial charge in [0.25, 0.3) is 0 Å². The first kappa shape index (κ1) is 12.5. The molecule has 4 heteroatoms. The minimum atomic E-state index is 0.685. The van der Waals surface area contributed by atoms with Gasteiger partial charge in [0.1, 0.15) is 11.6 Å². The highest BCUT2D eigenvalue weighted by atomic mass is 15.3.